The SMILES string of the molecule is CCC(I)[SiH2]OC(C)(C)CC. The highest BCUT2D eigenvalue weighted by atomic mass is 127. The van der Waals surface area contributed by atoms with Crippen molar-refractivity contribution >= 4 is 32.4 Å². The molecular formula is C8H19IOSi. The summed E-state index contributed by atoms with van der Waals surface area (Å²) in [6, 6.07) is 0. The zero-order chi connectivity index (χ0) is 8.91. The summed E-state index contributed by atoms with van der Waals surface area (Å²) in [7, 11) is -0.293. The topological polar surface area (TPSA) is 9.23 Å². The fourth-order valence-electron chi connectivity index (χ4n) is 0.536. The Morgan fingerprint density at radius 3 is 2.36 bits per heavy atom. The first kappa shape index (κ1) is 11.9. The molecule has 11 heavy (non-hydrogen) atoms. The highest BCUT2D eigenvalue weighted by Crippen LogP contribution is 2.15. The first-order valence-corrected chi connectivity index (χ1v) is 6.93. The van der Waals surface area contributed by atoms with Crippen molar-refractivity contribution in [3.05, 3.63) is 0 Å². The highest BCUT2D eigenvalue weighted by molar-refractivity contribution is 14.1. The van der Waals surface area contributed by atoms with Crippen LogP contribution in [0.5, 0.6) is 0 Å². The molecule has 0 heterocycles. The Balaban J connectivity index is 3.52. The van der Waals surface area contributed by atoms with E-state index in [1.54, 1.807) is 0 Å². The molecule has 0 aromatic rings. The summed E-state index contributed by atoms with van der Waals surface area (Å²) < 4.78 is 6.67. The second kappa shape index (κ2) is 5.53. The molecule has 0 aromatic heterocycles. The summed E-state index contributed by atoms with van der Waals surface area (Å²) in [5.41, 5.74) is 0.130. The van der Waals surface area contributed by atoms with Gasteiger partial charge in [-0.3, -0.25) is 0 Å². The van der Waals surface area contributed by atoms with Crippen molar-refractivity contribution in [3.8, 4) is 0 Å². The van der Waals surface area contributed by atoms with E-state index in [9.17, 15) is 0 Å². The van der Waals surface area contributed by atoms with Gasteiger partial charge in [-0.15, -0.1) is 0 Å². The molecule has 0 rings (SSSR count). The van der Waals surface area contributed by atoms with Crippen molar-refractivity contribution in [2.75, 3.05) is 0 Å². The van der Waals surface area contributed by atoms with E-state index in [1.165, 1.54) is 6.42 Å². The van der Waals surface area contributed by atoms with Crippen LogP contribution in [0.3, 0.4) is 0 Å². The van der Waals surface area contributed by atoms with Crippen molar-refractivity contribution in [1.82, 2.24) is 0 Å². The van der Waals surface area contributed by atoms with Crippen molar-refractivity contribution in [2.24, 2.45) is 0 Å². The third-order valence-corrected chi connectivity index (χ3v) is 5.80. The van der Waals surface area contributed by atoms with Crippen LogP contribution in [-0.4, -0.2) is 18.9 Å². The zero-order valence-electron chi connectivity index (χ0n) is 7.98. The van der Waals surface area contributed by atoms with Crippen LogP contribution < -0.4 is 0 Å². The van der Waals surface area contributed by atoms with Crippen LogP contribution in [-0.2, 0) is 4.43 Å². The fourth-order valence-corrected chi connectivity index (χ4v) is 2.15. The minimum atomic E-state index is -0.293. The monoisotopic (exact) mass is 286 g/mol. The van der Waals surface area contributed by atoms with Crippen LogP contribution in [0.1, 0.15) is 40.5 Å². The molecule has 0 aliphatic carbocycles. The van der Waals surface area contributed by atoms with Crippen LogP contribution in [0.4, 0.5) is 0 Å². The van der Waals surface area contributed by atoms with E-state index < -0.39 is 0 Å². The fraction of sp³-hybridized carbons (Fsp3) is 1.00. The molecule has 68 valence electrons. The van der Waals surface area contributed by atoms with Gasteiger partial charge in [0.2, 0.25) is 0 Å². The molecule has 0 N–H and O–H groups in total. The van der Waals surface area contributed by atoms with Crippen molar-refractivity contribution < 1.29 is 4.43 Å². The summed E-state index contributed by atoms with van der Waals surface area (Å²) in [4.78, 5) is 0. The Kier molecular flexibility index (Phi) is 5.99. The average Bonchev–Trinajstić information content (AvgIpc) is 2.00. The van der Waals surface area contributed by atoms with Crippen LogP contribution in [0.2, 0.25) is 0 Å². The van der Waals surface area contributed by atoms with Gasteiger partial charge in [-0.25, -0.2) is 0 Å². The van der Waals surface area contributed by atoms with Crippen LogP contribution in [0.15, 0.2) is 0 Å². The molecule has 0 radical (unpaired) electrons. The van der Waals surface area contributed by atoms with Crippen molar-refractivity contribution in [3.63, 3.8) is 0 Å². The molecule has 0 saturated carbocycles. The maximum atomic E-state index is 5.86. The third kappa shape index (κ3) is 6.10. The molecule has 1 unspecified atom stereocenters. The quantitative estimate of drug-likeness (QED) is 0.428. The first-order valence-electron chi connectivity index (χ1n) is 4.30. The minimum absolute atomic E-state index is 0.130. The molecule has 0 bridgehead atoms. The molecule has 1 nitrogen and oxygen atoms in total. The van der Waals surface area contributed by atoms with Gasteiger partial charge in [0, 0.05) is 9.15 Å². The van der Waals surface area contributed by atoms with E-state index in [0.29, 0.717) is 0 Å². The van der Waals surface area contributed by atoms with E-state index in [-0.39, 0.29) is 15.4 Å². The maximum absolute atomic E-state index is 5.86. The van der Waals surface area contributed by atoms with Gasteiger partial charge >= 0.3 is 0 Å². The summed E-state index contributed by atoms with van der Waals surface area (Å²) >= 11 is 2.50. The van der Waals surface area contributed by atoms with Gasteiger partial charge in [-0.2, -0.15) is 0 Å². The number of hydrogen-bond acceptors (Lipinski definition) is 1. The number of hydrogen-bond donors (Lipinski definition) is 0. The van der Waals surface area contributed by atoms with E-state index >= 15 is 0 Å². The Morgan fingerprint density at radius 1 is 1.45 bits per heavy atom. The van der Waals surface area contributed by atoms with Crippen LogP contribution >= 0.6 is 22.6 Å². The van der Waals surface area contributed by atoms with E-state index in [2.05, 4.69) is 50.3 Å². The largest absolute Gasteiger partial charge is 0.418 e. The smallest absolute Gasteiger partial charge is 0.174 e. The van der Waals surface area contributed by atoms with Gasteiger partial charge in [-0.1, -0.05) is 36.4 Å². The lowest BCUT2D eigenvalue weighted by Crippen LogP contribution is -2.28. The lowest BCUT2D eigenvalue weighted by atomic mass is 10.1. The van der Waals surface area contributed by atoms with Crippen molar-refractivity contribution in [1.29, 1.82) is 0 Å². The molecule has 1 atom stereocenters. The Bertz CT molecular complexity index is 106. The van der Waals surface area contributed by atoms with E-state index in [0.717, 1.165) is 9.97 Å². The van der Waals surface area contributed by atoms with Gasteiger partial charge in [0.05, 0.1) is 0 Å². The lowest BCUT2D eigenvalue weighted by Gasteiger charge is -2.25. The third-order valence-electron chi connectivity index (χ3n) is 1.95. The molecule has 0 spiro atoms. The second-order valence-corrected chi connectivity index (χ2v) is 8.46. The number of halogens is 1. The van der Waals surface area contributed by atoms with Crippen molar-refractivity contribution in [2.45, 2.75) is 49.7 Å². The summed E-state index contributed by atoms with van der Waals surface area (Å²) in [6.07, 6.45) is 2.37. The normalized spacial score (nSPS) is 16.1. The minimum Gasteiger partial charge on any atom is -0.418 e. The number of alkyl halides is 1. The highest BCUT2D eigenvalue weighted by Gasteiger charge is 2.16. The standard InChI is InChI=1S/C8H19IOSi/c1-5-7(9)11-10-8(3,4)6-2/h7H,5-6,11H2,1-4H3. The van der Waals surface area contributed by atoms with E-state index in [4.69, 9.17) is 4.43 Å². The zero-order valence-corrected chi connectivity index (χ0v) is 11.6. The molecule has 0 aliphatic rings. The summed E-state index contributed by atoms with van der Waals surface area (Å²) in [5.74, 6) is 0. The molecule has 0 fully saturated rings. The molecule has 3 heteroatoms. The van der Waals surface area contributed by atoms with Gasteiger partial charge in [0.15, 0.2) is 9.76 Å². The Labute approximate surface area is 86.4 Å². The van der Waals surface area contributed by atoms with Crippen LogP contribution in [0, 0.1) is 0 Å². The second-order valence-electron chi connectivity index (χ2n) is 3.43. The summed E-state index contributed by atoms with van der Waals surface area (Å²) in [6.45, 7) is 8.77. The molecule has 0 aliphatic heterocycles. The lowest BCUT2D eigenvalue weighted by molar-refractivity contribution is 0.111. The molecule has 0 aromatic carbocycles. The Hall–Kier alpha value is 0.907. The molecular weight excluding hydrogens is 267 g/mol. The van der Waals surface area contributed by atoms with E-state index in [1.807, 2.05) is 0 Å². The van der Waals surface area contributed by atoms with Gasteiger partial charge in [-0.05, 0) is 26.7 Å². The van der Waals surface area contributed by atoms with Gasteiger partial charge in [0.25, 0.3) is 0 Å². The predicted octanol–water partition coefficient (Wildman–Crippen LogP) is 2.45. The number of rotatable bonds is 5. The molecule has 0 amide bonds. The van der Waals surface area contributed by atoms with Gasteiger partial charge in [0.1, 0.15) is 0 Å². The average molecular weight is 286 g/mol. The Morgan fingerprint density at radius 2 is 2.00 bits per heavy atom. The van der Waals surface area contributed by atoms with Crippen LogP contribution in [0.25, 0.3) is 0 Å². The summed E-state index contributed by atoms with van der Waals surface area (Å²) in [5, 5.41) is 0. The predicted molar refractivity (Wildman–Crippen MR) is 62.1 cm³/mol. The van der Waals surface area contributed by atoms with Gasteiger partial charge < -0.3 is 4.43 Å². The molecule has 0 saturated heterocycles. The first-order chi connectivity index (χ1) is 5.02. The maximum Gasteiger partial charge on any atom is 0.174 e.